The smallest absolute Gasteiger partial charge is 0.136 e. The quantitative estimate of drug-likeness (QED) is 0.165. The van der Waals surface area contributed by atoms with Gasteiger partial charge in [-0.3, -0.25) is 0 Å². The number of benzene rings is 11. The molecule has 0 unspecified atom stereocenters. The molecule has 0 aliphatic heterocycles. The molecule has 11 aromatic carbocycles. The summed E-state index contributed by atoms with van der Waals surface area (Å²) in [6, 6.07) is 85.3. The van der Waals surface area contributed by atoms with Crippen molar-refractivity contribution in [2.45, 2.75) is 5.41 Å². The third-order valence-corrected chi connectivity index (χ3v) is 14.7. The van der Waals surface area contributed by atoms with E-state index in [0.717, 1.165) is 61.1 Å². The second-order valence-corrected chi connectivity index (χ2v) is 18.0. The Labute approximate surface area is 380 Å². The fourth-order valence-electron chi connectivity index (χ4n) is 12.1. The minimum atomic E-state index is -0.464. The Morgan fingerprint density at radius 2 is 0.939 bits per heavy atom. The average molecular weight is 839 g/mol. The lowest BCUT2D eigenvalue weighted by atomic mass is 9.70. The largest absolute Gasteiger partial charge is 0.456 e. The Morgan fingerprint density at radius 1 is 0.348 bits per heavy atom. The van der Waals surface area contributed by atoms with Gasteiger partial charge < -0.3 is 13.9 Å². The number of para-hydroxylation sites is 2. The van der Waals surface area contributed by atoms with Gasteiger partial charge in [-0.2, -0.15) is 0 Å². The molecule has 1 spiro atoms. The van der Waals surface area contributed by atoms with Crippen LogP contribution >= 0.6 is 0 Å². The number of nitrogens with zero attached hydrogens (tertiary/aromatic N) is 2. The zero-order valence-electron chi connectivity index (χ0n) is 35.7. The highest BCUT2D eigenvalue weighted by Crippen LogP contribution is 2.64. The van der Waals surface area contributed by atoms with Crippen LogP contribution in [-0.2, 0) is 5.41 Å². The SMILES string of the molecule is c1ccc(-n2c3cc(N(c4ccc5c(ccc6ccccc65)c4)c4cccc5c4-c4ccccc4C54c5ccccc5-c5ccccc54)ccc3c3cc4oc5ccccc5c4cc32)cc1. The van der Waals surface area contributed by atoms with Gasteiger partial charge in [0.05, 0.1) is 22.1 Å². The van der Waals surface area contributed by atoms with Crippen molar-refractivity contribution in [3.05, 3.63) is 253 Å². The number of aromatic nitrogens is 1. The Morgan fingerprint density at radius 3 is 1.74 bits per heavy atom. The van der Waals surface area contributed by atoms with Crippen LogP contribution in [0.3, 0.4) is 0 Å². The molecule has 2 heterocycles. The second kappa shape index (κ2) is 13.2. The summed E-state index contributed by atoms with van der Waals surface area (Å²) in [4.78, 5) is 2.52. The number of fused-ring (bicyclic) bond motifs is 19. The third kappa shape index (κ3) is 4.66. The number of furan rings is 1. The maximum absolute atomic E-state index is 6.50. The molecule has 306 valence electrons. The Kier molecular flexibility index (Phi) is 7.15. The maximum Gasteiger partial charge on any atom is 0.136 e. The van der Waals surface area contributed by atoms with Crippen LogP contribution in [0.15, 0.2) is 235 Å². The first kappa shape index (κ1) is 35.8. The summed E-state index contributed by atoms with van der Waals surface area (Å²) in [6.45, 7) is 0. The van der Waals surface area contributed by atoms with E-state index in [9.17, 15) is 0 Å². The molecule has 2 aliphatic carbocycles. The van der Waals surface area contributed by atoms with Crippen molar-refractivity contribution in [1.82, 2.24) is 4.57 Å². The average Bonchev–Trinajstić information content (AvgIpc) is 4.09. The number of hydrogen-bond donors (Lipinski definition) is 0. The Hall–Kier alpha value is -8.66. The van der Waals surface area contributed by atoms with Gasteiger partial charge in [-0.15, -0.1) is 0 Å². The van der Waals surface area contributed by atoms with Crippen LogP contribution in [-0.4, -0.2) is 4.57 Å². The first-order valence-corrected chi connectivity index (χ1v) is 22.8. The normalized spacial score (nSPS) is 13.3. The molecule has 15 rings (SSSR count). The van der Waals surface area contributed by atoms with Gasteiger partial charge in [-0.25, -0.2) is 0 Å². The Bertz CT molecular complexity index is 4150. The molecule has 0 N–H and O–H groups in total. The zero-order chi connectivity index (χ0) is 43.1. The molecule has 13 aromatic rings. The van der Waals surface area contributed by atoms with Gasteiger partial charge in [0.15, 0.2) is 0 Å². The van der Waals surface area contributed by atoms with E-state index < -0.39 is 5.41 Å². The summed E-state index contributed by atoms with van der Waals surface area (Å²) in [5.74, 6) is 0. The van der Waals surface area contributed by atoms with E-state index in [-0.39, 0.29) is 0 Å². The minimum absolute atomic E-state index is 0.464. The number of anilines is 3. The van der Waals surface area contributed by atoms with Crippen molar-refractivity contribution in [1.29, 1.82) is 0 Å². The molecular formula is C63H38N2O. The highest BCUT2D eigenvalue weighted by Gasteiger charge is 2.52. The number of hydrogen-bond acceptors (Lipinski definition) is 2. The van der Waals surface area contributed by atoms with Gasteiger partial charge in [0, 0.05) is 44.2 Å². The first-order chi connectivity index (χ1) is 32.7. The molecule has 3 nitrogen and oxygen atoms in total. The molecule has 66 heavy (non-hydrogen) atoms. The van der Waals surface area contributed by atoms with Crippen molar-refractivity contribution in [3.63, 3.8) is 0 Å². The highest BCUT2D eigenvalue weighted by molar-refractivity contribution is 6.18. The number of rotatable bonds is 4. The second-order valence-electron chi connectivity index (χ2n) is 18.0. The summed E-state index contributed by atoms with van der Waals surface area (Å²) in [7, 11) is 0. The molecule has 0 radical (unpaired) electrons. The van der Waals surface area contributed by atoms with Crippen molar-refractivity contribution in [2.24, 2.45) is 0 Å². The van der Waals surface area contributed by atoms with Crippen molar-refractivity contribution < 1.29 is 4.42 Å². The van der Waals surface area contributed by atoms with Crippen LogP contribution in [0.2, 0.25) is 0 Å². The van der Waals surface area contributed by atoms with E-state index in [4.69, 9.17) is 4.42 Å². The van der Waals surface area contributed by atoms with Gasteiger partial charge in [0.2, 0.25) is 0 Å². The van der Waals surface area contributed by atoms with Crippen LogP contribution in [0.4, 0.5) is 17.1 Å². The van der Waals surface area contributed by atoms with Crippen LogP contribution in [0.5, 0.6) is 0 Å². The van der Waals surface area contributed by atoms with Crippen molar-refractivity contribution in [3.8, 4) is 27.9 Å². The van der Waals surface area contributed by atoms with Gasteiger partial charge >= 0.3 is 0 Å². The zero-order valence-corrected chi connectivity index (χ0v) is 35.7. The lowest BCUT2D eigenvalue weighted by molar-refractivity contribution is 0.669. The predicted molar refractivity (Wildman–Crippen MR) is 274 cm³/mol. The lowest BCUT2D eigenvalue weighted by Crippen LogP contribution is -2.26. The maximum atomic E-state index is 6.50. The fourth-order valence-corrected chi connectivity index (χ4v) is 12.1. The minimum Gasteiger partial charge on any atom is -0.456 e. The third-order valence-electron chi connectivity index (χ3n) is 14.7. The molecule has 0 saturated carbocycles. The van der Waals surface area contributed by atoms with E-state index in [1.54, 1.807) is 0 Å². The molecule has 3 heteroatoms. The first-order valence-electron chi connectivity index (χ1n) is 22.8. The topological polar surface area (TPSA) is 21.3 Å². The van der Waals surface area contributed by atoms with Crippen molar-refractivity contribution in [2.75, 3.05) is 4.90 Å². The summed E-state index contributed by atoms with van der Waals surface area (Å²) >= 11 is 0. The van der Waals surface area contributed by atoms with Crippen LogP contribution in [0, 0.1) is 0 Å². The molecule has 0 fully saturated rings. The van der Waals surface area contributed by atoms with Crippen LogP contribution in [0.1, 0.15) is 22.3 Å². The van der Waals surface area contributed by atoms with Crippen LogP contribution < -0.4 is 4.90 Å². The highest BCUT2D eigenvalue weighted by atomic mass is 16.3. The summed E-state index contributed by atoms with van der Waals surface area (Å²) in [5, 5.41) is 9.52. The van der Waals surface area contributed by atoms with Gasteiger partial charge in [-0.1, -0.05) is 170 Å². The van der Waals surface area contributed by atoms with Gasteiger partial charge in [-0.05, 0) is 121 Å². The van der Waals surface area contributed by atoms with Crippen molar-refractivity contribution >= 4 is 82.4 Å². The molecule has 0 saturated heterocycles. The summed E-state index contributed by atoms with van der Waals surface area (Å²) in [5.41, 5.74) is 18.5. The van der Waals surface area contributed by atoms with Gasteiger partial charge in [0.25, 0.3) is 0 Å². The monoisotopic (exact) mass is 838 g/mol. The summed E-state index contributed by atoms with van der Waals surface area (Å²) in [6.07, 6.45) is 0. The van der Waals surface area contributed by atoms with Gasteiger partial charge in [0.1, 0.15) is 11.2 Å². The van der Waals surface area contributed by atoms with Crippen LogP contribution in [0.25, 0.3) is 93.2 Å². The fraction of sp³-hybridized carbons (Fsp3) is 0.0159. The van der Waals surface area contributed by atoms with E-state index in [1.807, 2.05) is 6.07 Å². The van der Waals surface area contributed by atoms with E-state index in [1.165, 1.54) is 71.4 Å². The van der Waals surface area contributed by atoms with E-state index >= 15 is 0 Å². The van der Waals surface area contributed by atoms with E-state index in [0.29, 0.717) is 0 Å². The summed E-state index contributed by atoms with van der Waals surface area (Å²) < 4.78 is 8.94. The van der Waals surface area contributed by atoms with E-state index in [2.05, 4.69) is 234 Å². The molecule has 0 bridgehead atoms. The molecule has 2 aliphatic rings. The standard InChI is InChI=1S/C63H38N2O/c1-2-16-41(17-3-1)65-58-36-43(32-34-48(58)51-38-61-52(37-59(51)65)49-21-9-13-28-60(49)66-61)64(42-31-33-45-40(35-42)30-29-39-15-4-5-18-44(39)45)57-27-14-26-56-62(57)50-22-8-12-25-55(50)63(56)53-23-10-6-19-46(53)47-20-7-11-24-54(47)63/h1-38H. The predicted octanol–water partition coefficient (Wildman–Crippen LogP) is 16.8. The molecular weight excluding hydrogens is 801 g/mol. The lowest BCUT2D eigenvalue weighted by Gasteiger charge is -2.32. The molecule has 0 amide bonds. The Balaban J connectivity index is 1.04. The molecule has 2 aromatic heterocycles. The molecule has 0 atom stereocenters.